The Morgan fingerprint density at radius 1 is 1.30 bits per heavy atom. The molecule has 20 heavy (non-hydrogen) atoms. The van der Waals surface area contributed by atoms with Crippen molar-refractivity contribution in [3.05, 3.63) is 0 Å². The molecule has 0 spiro atoms. The molecule has 0 heterocycles. The monoisotopic (exact) mass is 294 g/mol. The Morgan fingerprint density at radius 3 is 2.25 bits per heavy atom. The Kier molecular flexibility index (Phi) is 5.83. The summed E-state index contributed by atoms with van der Waals surface area (Å²) in [5, 5.41) is 2.52. The fourth-order valence-corrected chi connectivity index (χ4v) is 2.65. The summed E-state index contributed by atoms with van der Waals surface area (Å²) >= 11 is 0. The average Bonchev–Trinajstić information content (AvgIpc) is 2.84. The van der Waals surface area contributed by atoms with Gasteiger partial charge in [-0.15, -0.1) is 0 Å². The number of alkyl halides is 3. The van der Waals surface area contributed by atoms with E-state index in [1.54, 1.807) is 0 Å². The third-order valence-corrected chi connectivity index (χ3v) is 3.56. The van der Waals surface area contributed by atoms with Crippen LogP contribution in [0.2, 0.25) is 0 Å². The Labute approximate surface area is 116 Å². The van der Waals surface area contributed by atoms with Gasteiger partial charge in [-0.3, -0.25) is 9.59 Å². The van der Waals surface area contributed by atoms with E-state index in [-0.39, 0.29) is 12.5 Å². The van der Waals surface area contributed by atoms with Crippen LogP contribution in [0.1, 0.15) is 39.5 Å². The van der Waals surface area contributed by atoms with E-state index in [0.29, 0.717) is 0 Å². The summed E-state index contributed by atoms with van der Waals surface area (Å²) in [6.45, 7) is 1.48. The highest BCUT2D eigenvalue weighted by Crippen LogP contribution is 2.29. The molecule has 1 saturated carbocycles. The summed E-state index contributed by atoms with van der Waals surface area (Å²) in [6, 6.07) is -0.836. The van der Waals surface area contributed by atoms with E-state index in [4.69, 9.17) is 0 Å². The first-order valence-electron chi connectivity index (χ1n) is 6.87. The topological polar surface area (TPSA) is 49.4 Å². The van der Waals surface area contributed by atoms with Crippen LogP contribution in [0.25, 0.3) is 0 Å². The van der Waals surface area contributed by atoms with E-state index in [0.717, 1.165) is 30.6 Å². The zero-order chi connectivity index (χ0) is 15.3. The Bertz CT molecular complexity index is 352. The zero-order valence-corrected chi connectivity index (χ0v) is 11.8. The fraction of sp³-hybridized carbons (Fsp3) is 0.846. The lowest BCUT2D eigenvalue weighted by molar-refractivity contribution is -0.163. The number of rotatable bonds is 5. The molecule has 0 unspecified atom stereocenters. The van der Waals surface area contributed by atoms with E-state index in [2.05, 4.69) is 5.32 Å². The number of nitrogens with one attached hydrogen (secondary N) is 1. The second-order valence-corrected chi connectivity index (χ2v) is 5.19. The number of halogens is 3. The molecule has 2 amide bonds. The summed E-state index contributed by atoms with van der Waals surface area (Å²) < 4.78 is 37.4. The predicted molar refractivity (Wildman–Crippen MR) is 67.9 cm³/mol. The van der Waals surface area contributed by atoms with Crippen molar-refractivity contribution < 1.29 is 22.8 Å². The van der Waals surface area contributed by atoms with Gasteiger partial charge in [-0.25, -0.2) is 0 Å². The van der Waals surface area contributed by atoms with Crippen molar-refractivity contribution in [2.45, 2.75) is 51.7 Å². The van der Waals surface area contributed by atoms with Crippen LogP contribution in [0.4, 0.5) is 13.2 Å². The van der Waals surface area contributed by atoms with Crippen LogP contribution in [-0.2, 0) is 9.59 Å². The lowest BCUT2D eigenvalue weighted by atomic mass is 9.96. The van der Waals surface area contributed by atoms with E-state index >= 15 is 0 Å². The lowest BCUT2D eigenvalue weighted by Gasteiger charge is -2.30. The second-order valence-electron chi connectivity index (χ2n) is 5.19. The molecule has 0 saturated heterocycles. The van der Waals surface area contributed by atoms with Gasteiger partial charge in [0.15, 0.2) is 0 Å². The molecule has 116 valence electrons. The summed E-state index contributed by atoms with van der Waals surface area (Å²) in [4.78, 5) is 24.3. The Hall–Kier alpha value is -1.27. The summed E-state index contributed by atoms with van der Waals surface area (Å²) in [5.41, 5.74) is 0. The van der Waals surface area contributed by atoms with Crippen LogP contribution in [0.5, 0.6) is 0 Å². The minimum Gasteiger partial charge on any atom is -0.344 e. The number of likely N-dealkylation sites (N-methyl/N-ethyl adjacent to an activating group) is 1. The molecule has 0 aromatic heterocycles. The third-order valence-electron chi connectivity index (χ3n) is 3.56. The number of hydrogen-bond acceptors (Lipinski definition) is 2. The van der Waals surface area contributed by atoms with Crippen molar-refractivity contribution in [2.75, 3.05) is 13.1 Å². The smallest absolute Gasteiger partial charge is 0.344 e. The van der Waals surface area contributed by atoms with Gasteiger partial charge in [0.2, 0.25) is 11.8 Å². The number of carbonyl (C=O) groups excluding carboxylic acids is 2. The van der Waals surface area contributed by atoms with Gasteiger partial charge < -0.3 is 10.2 Å². The molecular weight excluding hydrogens is 273 g/mol. The molecule has 7 heteroatoms. The molecule has 1 N–H and O–H groups in total. The summed E-state index contributed by atoms with van der Waals surface area (Å²) in [6.07, 6.45) is -1.01. The quantitative estimate of drug-likeness (QED) is 0.844. The highest BCUT2D eigenvalue weighted by Gasteiger charge is 2.38. The van der Waals surface area contributed by atoms with Crippen molar-refractivity contribution in [3.8, 4) is 0 Å². The van der Waals surface area contributed by atoms with Gasteiger partial charge in [-0.2, -0.15) is 13.2 Å². The molecular formula is C13H21F3N2O2. The maximum Gasteiger partial charge on any atom is 0.406 e. The van der Waals surface area contributed by atoms with Gasteiger partial charge in [0, 0.05) is 13.5 Å². The van der Waals surface area contributed by atoms with Crippen molar-refractivity contribution in [1.82, 2.24) is 10.2 Å². The molecule has 1 fully saturated rings. The first kappa shape index (κ1) is 16.8. The van der Waals surface area contributed by atoms with Crippen molar-refractivity contribution >= 4 is 11.8 Å². The molecule has 0 aromatic carbocycles. The van der Waals surface area contributed by atoms with Gasteiger partial charge in [-0.05, 0) is 25.7 Å². The second kappa shape index (κ2) is 6.95. The van der Waals surface area contributed by atoms with Gasteiger partial charge >= 0.3 is 6.18 Å². The molecule has 1 aliphatic carbocycles. The lowest BCUT2D eigenvalue weighted by Crippen LogP contribution is -2.53. The molecule has 1 atom stereocenters. The van der Waals surface area contributed by atoms with Gasteiger partial charge in [0.25, 0.3) is 0 Å². The molecule has 1 aliphatic rings. The van der Waals surface area contributed by atoms with E-state index < -0.39 is 30.6 Å². The fourth-order valence-electron chi connectivity index (χ4n) is 2.65. The average molecular weight is 294 g/mol. The van der Waals surface area contributed by atoms with Gasteiger partial charge in [0.1, 0.15) is 12.6 Å². The van der Waals surface area contributed by atoms with E-state index in [9.17, 15) is 22.8 Å². The van der Waals surface area contributed by atoms with Crippen molar-refractivity contribution in [3.63, 3.8) is 0 Å². The number of hydrogen-bond donors (Lipinski definition) is 1. The molecule has 4 nitrogen and oxygen atoms in total. The molecule has 0 radical (unpaired) electrons. The Balaban J connectivity index is 2.81. The highest BCUT2D eigenvalue weighted by atomic mass is 19.4. The SMILES string of the molecule is CCN(CC(F)(F)F)C(=O)[C@H](NC(C)=O)C1CCCC1. The summed E-state index contributed by atoms with van der Waals surface area (Å²) in [7, 11) is 0. The number of nitrogens with zero attached hydrogens (tertiary/aromatic N) is 1. The number of carbonyl (C=O) groups is 2. The van der Waals surface area contributed by atoms with Crippen LogP contribution in [0.15, 0.2) is 0 Å². The first-order valence-corrected chi connectivity index (χ1v) is 6.87. The largest absolute Gasteiger partial charge is 0.406 e. The van der Waals surface area contributed by atoms with Crippen LogP contribution in [0.3, 0.4) is 0 Å². The van der Waals surface area contributed by atoms with Crippen LogP contribution >= 0.6 is 0 Å². The van der Waals surface area contributed by atoms with Crippen molar-refractivity contribution in [2.24, 2.45) is 5.92 Å². The predicted octanol–water partition coefficient (Wildman–Crippen LogP) is 2.09. The minimum atomic E-state index is -4.43. The molecule has 1 rings (SSSR count). The minimum absolute atomic E-state index is 0.0266. The van der Waals surface area contributed by atoms with Gasteiger partial charge in [-0.1, -0.05) is 12.8 Å². The van der Waals surface area contributed by atoms with E-state index in [1.807, 2.05) is 0 Å². The van der Waals surface area contributed by atoms with Crippen LogP contribution in [-0.4, -0.2) is 42.0 Å². The van der Waals surface area contributed by atoms with E-state index in [1.165, 1.54) is 13.8 Å². The van der Waals surface area contributed by atoms with Gasteiger partial charge in [0.05, 0.1) is 0 Å². The molecule has 0 bridgehead atoms. The maximum atomic E-state index is 12.5. The third kappa shape index (κ3) is 5.02. The molecule has 0 aliphatic heterocycles. The maximum absolute atomic E-state index is 12.5. The first-order chi connectivity index (χ1) is 9.24. The number of amides is 2. The standard InChI is InChI=1S/C13H21F3N2O2/c1-3-18(8-13(14,15)16)12(20)11(17-9(2)19)10-6-4-5-7-10/h10-11H,3-8H2,1-2H3,(H,17,19)/t11-/m1/s1. The van der Waals surface area contributed by atoms with Crippen LogP contribution < -0.4 is 5.32 Å². The highest BCUT2D eigenvalue weighted by molar-refractivity contribution is 5.87. The zero-order valence-electron chi connectivity index (χ0n) is 11.8. The Morgan fingerprint density at radius 2 is 1.85 bits per heavy atom. The normalized spacial score (nSPS) is 17.9. The molecule has 0 aromatic rings. The summed E-state index contributed by atoms with van der Waals surface area (Å²) in [5.74, 6) is -1.08. The van der Waals surface area contributed by atoms with Crippen molar-refractivity contribution in [1.29, 1.82) is 0 Å². The van der Waals surface area contributed by atoms with Crippen LogP contribution in [0, 0.1) is 5.92 Å².